The number of carbonyl (C=O) groups is 2. The van der Waals surface area contributed by atoms with Crippen molar-refractivity contribution < 1.29 is 14.5 Å². The van der Waals surface area contributed by atoms with Crippen LogP contribution in [0.15, 0.2) is 47.8 Å². The van der Waals surface area contributed by atoms with Crippen LogP contribution in [0.1, 0.15) is 22.8 Å². The lowest BCUT2D eigenvalue weighted by atomic mass is 10.1. The normalized spacial score (nSPS) is 12.5. The van der Waals surface area contributed by atoms with Gasteiger partial charge in [0.15, 0.2) is 5.13 Å². The summed E-state index contributed by atoms with van der Waals surface area (Å²) in [6, 6.07) is 11.3. The van der Waals surface area contributed by atoms with Crippen LogP contribution < -0.4 is 10.2 Å². The van der Waals surface area contributed by atoms with E-state index in [1.807, 2.05) is 23.6 Å². The molecule has 2 aromatic carbocycles. The molecule has 0 radical (unpaired) electrons. The fourth-order valence-corrected chi connectivity index (χ4v) is 3.97. The molecular formula is C20H16N4O4S. The zero-order chi connectivity index (χ0) is 20.5. The van der Waals surface area contributed by atoms with E-state index in [0.717, 1.165) is 28.9 Å². The number of benzene rings is 2. The number of amides is 2. The van der Waals surface area contributed by atoms with Crippen molar-refractivity contribution in [3.8, 4) is 11.3 Å². The standard InChI is InChI=1S/C20H16N4O4S/c1-12(25)23-9-8-15-10-14(4-7-18(15)23)17-11-29-20(21-17)22-19(26)13-2-5-16(6-3-13)24(27)28/h2-7,10-11H,8-9H2,1H3,(H,21,22,26). The van der Waals surface area contributed by atoms with E-state index < -0.39 is 4.92 Å². The van der Waals surface area contributed by atoms with Crippen LogP contribution in [0.5, 0.6) is 0 Å². The molecule has 0 aliphatic carbocycles. The van der Waals surface area contributed by atoms with Gasteiger partial charge in [0.1, 0.15) is 0 Å². The molecule has 0 atom stereocenters. The van der Waals surface area contributed by atoms with E-state index in [9.17, 15) is 19.7 Å². The van der Waals surface area contributed by atoms with E-state index in [0.29, 0.717) is 17.2 Å². The number of thiazole rings is 1. The maximum absolute atomic E-state index is 12.3. The van der Waals surface area contributed by atoms with Crippen LogP contribution in [0.4, 0.5) is 16.5 Å². The SMILES string of the molecule is CC(=O)N1CCc2cc(-c3csc(NC(=O)c4ccc([N+](=O)[O-])cc4)n3)ccc21. The molecule has 1 aliphatic heterocycles. The molecule has 4 rings (SSSR count). The maximum Gasteiger partial charge on any atom is 0.269 e. The first kappa shape index (κ1) is 18.8. The minimum atomic E-state index is -0.513. The van der Waals surface area contributed by atoms with Gasteiger partial charge in [-0.15, -0.1) is 11.3 Å². The first-order chi connectivity index (χ1) is 13.9. The average Bonchev–Trinajstić information content (AvgIpc) is 3.34. The van der Waals surface area contributed by atoms with Crippen LogP contribution in [0.25, 0.3) is 11.3 Å². The lowest BCUT2D eigenvalue weighted by Gasteiger charge is -2.14. The van der Waals surface area contributed by atoms with Crippen LogP contribution in [0, 0.1) is 10.1 Å². The van der Waals surface area contributed by atoms with Crippen molar-refractivity contribution in [2.75, 3.05) is 16.8 Å². The molecule has 0 bridgehead atoms. The third kappa shape index (κ3) is 3.72. The number of nitrogens with one attached hydrogen (secondary N) is 1. The summed E-state index contributed by atoms with van der Waals surface area (Å²) in [5.41, 5.74) is 3.93. The van der Waals surface area contributed by atoms with Crippen LogP contribution in [-0.2, 0) is 11.2 Å². The molecule has 9 heteroatoms. The Balaban J connectivity index is 1.49. The van der Waals surface area contributed by atoms with E-state index in [1.165, 1.54) is 35.6 Å². The van der Waals surface area contributed by atoms with Crippen molar-refractivity contribution in [2.24, 2.45) is 0 Å². The smallest absolute Gasteiger partial charge is 0.269 e. The predicted octanol–water partition coefficient (Wildman–Crippen LogP) is 3.88. The predicted molar refractivity (Wildman–Crippen MR) is 110 cm³/mol. The fourth-order valence-electron chi connectivity index (χ4n) is 3.26. The monoisotopic (exact) mass is 408 g/mol. The molecule has 1 aliphatic rings. The number of hydrogen-bond acceptors (Lipinski definition) is 6. The number of nitrogens with zero attached hydrogens (tertiary/aromatic N) is 3. The Bertz CT molecular complexity index is 1120. The molecule has 3 aromatic rings. The number of aromatic nitrogens is 1. The summed E-state index contributed by atoms with van der Waals surface area (Å²) in [4.78, 5) is 40.4. The highest BCUT2D eigenvalue weighted by Crippen LogP contribution is 2.33. The molecule has 1 N–H and O–H groups in total. The summed E-state index contributed by atoms with van der Waals surface area (Å²) in [7, 11) is 0. The molecule has 0 spiro atoms. The molecule has 0 saturated carbocycles. The van der Waals surface area contributed by atoms with Gasteiger partial charge in [0.2, 0.25) is 5.91 Å². The Labute approximate surface area is 170 Å². The number of nitro benzene ring substituents is 1. The van der Waals surface area contributed by atoms with Crippen LogP contribution in [-0.4, -0.2) is 28.3 Å². The average molecular weight is 408 g/mol. The number of fused-ring (bicyclic) bond motifs is 1. The summed E-state index contributed by atoms with van der Waals surface area (Å²) in [6.45, 7) is 2.24. The highest BCUT2D eigenvalue weighted by atomic mass is 32.1. The van der Waals surface area contributed by atoms with E-state index in [2.05, 4.69) is 10.3 Å². The zero-order valence-corrected chi connectivity index (χ0v) is 16.2. The maximum atomic E-state index is 12.3. The minimum Gasteiger partial charge on any atom is -0.312 e. The Morgan fingerprint density at radius 1 is 1.21 bits per heavy atom. The molecule has 146 valence electrons. The van der Waals surface area contributed by atoms with Crippen LogP contribution in [0.2, 0.25) is 0 Å². The lowest BCUT2D eigenvalue weighted by Crippen LogP contribution is -2.25. The molecule has 2 heterocycles. The topological polar surface area (TPSA) is 105 Å². The highest BCUT2D eigenvalue weighted by molar-refractivity contribution is 7.14. The van der Waals surface area contributed by atoms with E-state index >= 15 is 0 Å². The zero-order valence-electron chi connectivity index (χ0n) is 15.4. The van der Waals surface area contributed by atoms with Gasteiger partial charge in [-0.05, 0) is 36.2 Å². The number of anilines is 2. The van der Waals surface area contributed by atoms with Crippen molar-refractivity contribution in [3.05, 3.63) is 69.1 Å². The van der Waals surface area contributed by atoms with Gasteiger partial charge in [0.05, 0.1) is 10.6 Å². The van der Waals surface area contributed by atoms with Gasteiger partial charge in [-0.25, -0.2) is 4.98 Å². The highest BCUT2D eigenvalue weighted by Gasteiger charge is 2.22. The van der Waals surface area contributed by atoms with E-state index in [4.69, 9.17) is 0 Å². The van der Waals surface area contributed by atoms with Gasteiger partial charge in [-0.2, -0.15) is 0 Å². The number of non-ortho nitro benzene ring substituents is 1. The fraction of sp³-hybridized carbons (Fsp3) is 0.150. The number of hydrogen-bond donors (Lipinski definition) is 1. The second-order valence-corrected chi connectivity index (χ2v) is 7.42. The Kier molecular flexibility index (Phi) is 4.81. The molecule has 29 heavy (non-hydrogen) atoms. The Hall–Kier alpha value is -3.59. The number of rotatable bonds is 4. The Morgan fingerprint density at radius 3 is 2.66 bits per heavy atom. The summed E-state index contributed by atoms with van der Waals surface area (Å²) in [5, 5.41) is 15.7. The van der Waals surface area contributed by atoms with Gasteiger partial charge in [-0.3, -0.25) is 25.0 Å². The summed E-state index contributed by atoms with van der Waals surface area (Å²) in [5.74, 6) is -0.353. The van der Waals surface area contributed by atoms with Gasteiger partial charge >= 0.3 is 0 Å². The first-order valence-electron chi connectivity index (χ1n) is 8.85. The van der Waals surface area contributed by atoms with Gasteiger partial charge in [-0.1, -0.05) is 6.07 Å². The van der Waals surface area contributed by atoms with Crippen molar-refractivity contribution in [3.63, 3.8) is 0 Å². The molecule has 0 fully saturated rings. The lowest BCUT2D eigenvalue weighted by molar-refractivity contribution is -0.384. The third-order valence-corrected chi connectivity index (χ3v) is 5.47. The van der Waals surface area contributed by atoms with Crippen molar-refractivity contribution in [2.45, 2.75) is 13.3 Å². The summed E-state index contributed by atoms with van der Waals surface area (Å²) >= 11 is 1.30. The van der Waals surface area contributed by atoms with Crippen molar-refractivity contribution >= 4 is 39.7 Å². The largest absolute Gasteiger partial charge is 0.312 e. The second kappa shape index (κ2) is 7.44. The second-order valence-electron chi connectivity index (χ2n) is 6.56. The Morgan fingerprint density at radius 2 is 1.97 bits per heavy atom. The number of nitro groups is 1. The van der Waals surface area contributed by atoms with Gasteiger partial charge in [0, 0.05) is 47.8 Å². The molecule has 1 aromatic heterocycles. The molecule has 8 nitrogen and oxygen atoms in total. The van der Waals surface area contributed by atoms with E-state index in [-0.39, 0.29) is 17.5 Å². The van der Waals surface area contributed by atoms with Crippen molar-refractivity contribution in [1.82, 2.24) is 4.98 Å². The molecular weight excluding hydrogens is 392 g/mol. The molecule has 0 saturated heterocycles. The van der Waals surface area contributed by atoms with E-state index in [1.54, 1.807) is 11.8 Å². The van der Waals surface area contributed by atoms with Crippen LogP contribution in [0.3, 0.4) is 0 Å². The molecule has 0 unspecified atom stereocenters. The minimum absolute atomic E-state index is 0.0291. The van der Waals surface area contributed by atoms with Gasteiger partial charge < -0.3 is 4.90 Å². The van der Waals surface area contributed by atoms with Crippen LogP contribution >= 0.6 is 11.3 Å². The van der Waals surface area contributed by atoms with Gasteiger partial charge in [0.25, 0.3) is 11.6 Å². The first-order valence-corrected chi connectivity index (χ1v) is 9.73. The van der Waals surface area contributed by atoms with Crippen molar-refractivity contribution in [1.29, 1.82) is 0 Å². The third-order valence-electron chi connectivity index (χ3n) is 4.72. The summed E-state index contributed by atoms with van der Waals surface area (Å²) in [6.07, 6.45) is 0.802. The molecule has 2 amide bonds. The summed E-state index contributed by atoms with van der Waals surface area (Å²) < 4.78 is 0. The quantitative estimate of drug-likeness (QED) is 0.521. The number of carbonyl (C=O) groups excluding carboxylic acids is 2.